The molecule has 0 amide bonds. The summed E-state index contributed by atoms with van der Waals surface area (Å²) in [4.78, 5) is 0. The van der Waals surface area contributed by atoms with E-state index in [1.54, 1.807) is 20.8 Å². The van der Waals surface area contributed by atoms with Crippen LogP contribution < -0.4 is 0 Å². The Kier molecular flexibility index (Phi) is 9.82. The monoisotopic (exact) mass is 378 g/mol. The molecule has 0 rings (SSSR count). The summed E-state index contributed by atoms with van der Waals surface area (Å²) >= 11 is 0. The van der Waals surface area contributed by atoms with Crippen LogP contribution in [0, 0.1) is 23.7 Å². The maximum atomic E-state index is 10.6. The van der Waals surface area contributed by atoms with E-state index in [0.29, 0.717) is 6.61 Å². The van der Waals surface area contributed by atoms with Gasteiger partial charge in [-0.25, -0.2) is 0 Å². The van der Waals surface area contributed by atoms with Crippen LogP contribution in [0.1, 0.15) is 48.5 Å². The third-order valence-corrected chi connectivity index (χ3v) is 10.6. The molecule has 5 nitrogen and oxygen atoms in total. The largest absolute Gasteiger partial charge is 0.416 e. The summed E-state index contributed by atoms with van der Waals surface area (Å²) in [6, 6.07) is 0. The summed E-state index contributed by atoms with van der Waals surface area (Å²) in [6.07, 6.45) is -2.39. The summed E-state index contributed by atoms with van der Waals surface area (Å²) in [5.74, 6) is -1.25. The van der Waals surface area contributed by atoms with Crippen LogP contribution in [0.4, 0.5) is 0 Å². The molecule has 6 heteroatoms. The smallest absolute Gasteiger partial charge is 0.191 e. The van der Waals surface area contributed by atoms with Crippen molar-refractivity contribution >= 4 is 8.32 Å². The first-order valence-corrected chi connectivity index (χ1v) is 12.4. The van der Waals surface area contributed by atoms with Crippen molar-refractivity contribution in [1.29, 1.82) is 0 Å². The van der Waals surface area contributed by atoms with Crippen LogP contribution in [0.25, 0.3) is 0 Å². The number of hydrogen-bond donors (Lipinski definition) is 4. The molecule has 0 heterocycles. The van der Waals surface area contributed by atoms with Gasteiger partial charge in [0.05, 0.1) is 18.3 Å². The fourth-order valence-corrected chi connectivity index (χ4v) is 3.79. The SMILES string of the molecule is C[C@H]([C@@H](O)[C@@H](C)[C@H](O)[C@H](C)CO)[C@@H](O)[C@H](C)CO[Si](C)(C)C(C)(C)C. The number of rotatable bonds is 10. The average Bonchev–Trinajstić information content (AvgIpc) is 2.54. The molecule has 0 spiro atoms. The van der Waals surface area contributed by atoms with Crippen molar-refractivity contribution in [3.8, 4) is 0 Å². The van der Waals surface area contributed by atoms with Crippen LogP contribution >= 0.6 is 0 Å². The first kappa shape index (κ1) is 25.0. The highest BCUT2D eigenvalue weighted by Gasteiger charge is 2.39. The molecule has 25 heavy (non-hydrogen) atoms. The number of hydrogen-bond acceptors (Lipinski definition) is 5. The van der Waals surface area contributed by atoms with Gasteiger partial charge in [0.1, 0.15) is 0 Å². The van der Waals surface area contributed by atoms with E-state index >= 15 is 0 Å². The highest BCUT2D eigenvalue weighted by Crippen LogP contribution is 2.37. The zero-order valence-electron chi connectivity index (χ0n) is 17.7. The van der Waals surface area contributed by atoms with Crippen LogP contribution in [0.15, 0.2) is 0 Å². The molecule has 0 aliphatic carbocycles. The Bertz CT molecular complexity index is 383. The Morgan fingerprint density at radius 3 is 1.56 bits per heavy atom. The lowest BCUT2D eigenvalue weighted by Crippen LogP contribution is -2.46. The van der Waals surface area contributed by atoms with Crippen LogP contribution in [-0.2, 0) is 4.43 Å². The molecule has 0 aliphatic heterocycles. The second-order valence-electron chi connectivity index (χ2n) is 9.40. The number of aliphatic hydroxyl groups excluding tert-OH is 4. The topological polar surface area (TPSA) is 90.2 Å². The zero-order valence-corrected chi connectivity index (χ0v) is 18.7. The molecule has 0 aromatic heterocycles. The Balaban J connectivity index is 4.78. The predicted octanol–water partition coefficient (Wildman–Crippen LogP) is 2.63. The van der Waals surface area contributed by atoms with Crippen LogP contribution in [0.2, 0.25) is 18.1 Å². The third kappa shape index (κ3) is 6.92. The van der Waals surface area contributed by atoms with E-state index in [2.05, 4.69) is 33.9 Å². The van der Waals surface area contributed by atoms with Crippen molar-refractivity contribution in [2.45, 2.75) is 84.9 Å². The van der Waals surface area contributed by atoms with Crippen molar-refractivity contribution in [2.24, 2.45) is 23.7 Å². The summed E-state index contributed by atoms with van der Waals surface area (Å²) in [5.41, 5.74) is 0. The molecule has 0 radical (unpaired) electrons. The van der Waals surface area contributed by atoms with Gasteiger partial charge in [0.2, 0.25) is 0 Å². The molecule has 0 aromatic carbocycles. The van der Waals surface area contributed by atoms with Crippen molar-refractivity contribution in [1.82, 2.24) is 0 Å². The molecule has 0 saturated carbocycles. The third-order valence-electron chi connectivity index (χ3n) is 6.12. The van der Waals surface area contributed by atoms with Crippen molar-refractivity contribution < 1.29 is 24.9 Å². The highest BCUT2D eigenvalue weighted by molar-refractivity contribution is 6.74. The van der Waals surface area contributed by atoms with E-state index in [0.717, 1.165) is 0 Å². The van der Waals surface area contributed by atoms with Crippen molar-refractivity contribution in [3.63, 3.8) is 0 Å². The lowest BCUT2D eigenvalue weighted by molar-refractivity contribution is -0.0766. The molecule has 4 N–H and O–H groups in total. The Hall–Kier alpha value is 0.0169. The standard InChI is InChI=1S/C19H42O5Si/c1-12(10-20)16(21)14(3)18(23)15(4)17(22)13(2)11-24-25(8,9)19(5,6)7/h12-18,20-23H,10-11H2,1-9H3/t12-,13-,14+,15+,16-,17+,18+/m1/s1. The molecule has 0 fully saturated rings. The quantitative estimate of drug-likeness (QED) is 0.439. The van der Waals surface area contributed by atoms with E-state index in [4.69, 9.17) is 4.43 Å². The average molecular weight is 379 g/mol. The molecular weight excluding hydrogens is 336 g/mol. The molecule has 7 atom stereocenters. The van der Waals surface area contributed by atoms with Gasteiger partial charge in [0.25, 0.3) is 0 Å². The van der Waals surface area contributed by atoms with Crippen molar-refractivity contribution in [3.05, 3.63) is 0 Å². The summed E-state index contributed by atoms with van der Waals surface area (Å²) < 4.78 is 6.19. The maximum Gasteiger partial charge on any atom is 0.191 e. The van der Waals surface area contributed by atoms with E-state index in [-0.39, 0.29) is 23.5 Å². The zero-order chi connectivity index (χ0) is 20.2. The minimum absolute atomic E-state index is 0.113. The fourth-order valence-electron chi connectivity index (χ4n) is 2.68. The molecule has 0 bridgehead atoms. The number of aliphatic hydroxyl groups is 4. The summed E-state index contributed by atoms with van der Waals surface area (Å²) in [6.45, 7) is 18.4. The van der Waals surface area contributed by atoms with Gasteiger partial charge in [-0.3, -0.25) is 0 Å². The van der Waals surface area contributed by atoms with E-state index in [9.17, 15) is 20.4 Å². The highest BCUT2D eigenvalue weighted by atomic mass is 28.4. The molecule has 0 aromatic rings. The van der Waals surface area contributed by atoms with Gasteiger partial charge >= 0.3 is 0 Å². The molecule has 0 aliphatic rings. The second kappa shape index (κ2) is 9.81. The predicted molar refractivity (Wildman–Crippen MR) is 105 cm³/mol. The van der Waals surface area contributed by atoms with Gasteiger partial charge in [0, 0.05) is 36.9 Å². The summed E-state index contributed by atoms with van der Waals surface area (Å²) in [7, 11) is -1.88. The van der Waals surface area contributed by atoms with E-state index in [1.165, 1.54) is 0 Å². The Labute approximate surface area is 155 Å². The minimum atomic E-state index is -1.88. The van der Waals surface area contributed by atoms with E-state index < -0.39 is 38.5 Å². The Morgan fingerprint density at radius 2 is 1.20 bits per heavy atom. The summed E-state index contributed by atoms with van der Waals surface area (Å²) in [5, 5.41) is 40.7. The van der Waals surface area contributed by atoms with Gasteiger partial charge in [0.15, 0.2) is 8.32 Å². The minimum Gasteiger partial charge on any atom is -0.416 e. The first-order chi connectivity index (χ1) is 11.2. The molecule has 0 unspecified atom stereocenters. The van der Waals surface area contributed by atoms with E-state index in [1.807, 2.05) is 6.92 Å². The van der Waals surface area contributed by atoms with Crippen LogP contribution in [-0.4, -0.2) is 60.3 Å². The van der Waals surface area contributed by atoms with Gasteiger partial charge in [-0.2, -0.15) is 0 Å². The van der Waals surface area contributed by atoms with Gasteiger partial charge in [-0.15, -0.1) is 0 Å². The molecular formula is C19H42O5Si. The lowest BCUT2D eigenvalue weighted by atomic mass is 9.80. The maximum absolute atomic E-state index is 10.6. The fraction of sp³-hybridized carbons (Fsp3) is 1.00. The van der Waals surface area contributed by atoms with Crippen LogP contribution in [0.3, 0.4) is 0 Å². The van der Waals surface area contributed by atoms with Gasteiger partial charge in [-0.05, 0) is 18.1 Å². The van der Waals surface area contributed by atoms with Gasteiger partial charge < -0.3 is 24.9 Å². The normalized spacial score (nSPS) is 22.0. The molecule has 0 saturated heterocycles. The first-order valence-electron chi connectivity index (χ1n) is 9.46. The van der Waals surface area contributed by atoms with Gasteiger partial charge in [-0.1, -0.05) is 48.5 Å². The molecule has 152 valence electrons. The van der Waals surface area contributed by atoms with Crippen LogP contribution in [0.5, 0.6) is 0 Å². The Morgan fingerprint density at radius 1 is 0.800 bits per heavy atom. The van der Waals surface area contributed by atoms with Crippen molar-refractivity contribution in [2.75, 3.05) is 13.2 Å². The second-order valence-corrected chi connectivity index (χ2v) is 14.2. The lowest BCUT2D eigenvalue weighted by Gasteiger charge is -2.39.